The van der Waals surface area contributed by atoms with Crippen LogP contribution in [0.4, 0.5) is 4.79 Å². The maximum absolute atomic E-state index is 13.2. The second-order valence-electron chi connectivity index (χ2n) is 16.0. The lowest BCUT2D eigenvalue weighted by Crippen LogP contribution is -2.43. The van der Waals surface area contributed by atoms with Gasteiger partial charge in [-0.05, 0) is 105 Å². The van der Waals surface area contributed by atoms with Gasteiger partial charge in [-0.1, -0.05) is 63.6 Å². The van der Waals surface area contributed by atoms with Gasteiger partial charge in [0, 0.05) is 24.5 Å². The number of alkyl carbamates (subject to hydrolysis) is 1. The fourth-order valence-electron chi connectivity index (χ4n) is 5.65. The lowest BCUT2D eigenvalue weighted by Gasteiger charge is -2.39. The highest BCUT2D eigenvalue weighted by atomic mass is 32.2. The Morgan fingerprint density at radius 3 is 2.28 bits per heavy atom. The van der Waals surface area contributed by atoms with E-state index in [1.807, 2.05) is 36.4 Å². The Morgan fingerprint density at radius 2 is 1.66 bits per heavy atom. The summed E-state index contributed by atoms with van der Waals surface area (Å²) in [5, 5.41) is 12.8. The number of hydrogen-bond acceptors (Lipinski definition) is 9. The van der Waals surface area contributed by atoms with Crippen molar-refractivity contribution < 1.29 is 37.0 Å². The lowest BCUT2D eigenvalue weighted by atomic mass is 9.97. The predicted octanol–water partition coefficient (Wildman–Crippen LogP) is 7.71. The fraction of sp³-hybridized carbons (Fsp3) is 0.525. The maximum Gasteiger partial charge on any atom is 0.407 e. The molecule has 1 atom stereocenters. The Hall–Kier alpha value is -3.78. The molecule has 1 aromatic heterocycles. The molecule has 2 aromatic carbocycles. The molecular weight excluding hydrogens is 711 g/mol. The Kier molecular flexibility index (Phi) is 14.3. The first-order chi connectivity index (χ1) is 24.8. The van der Waals surface area contributed by atoms with E-state index in [1.165, 1.54) is 13.8 Å². The number of ether oxygens (including phenoxy) is 2. The van der Waals surface area contributed by atoms with Crippen molar-refractivity contribution >= 4 is 30.3 Å². The van der Waals surface area contributed by atoms with Gasteiger partial charge in [0.1, 0.15) is 18.5 Å². The highest BCUT2D eigenvalue weighted by Gasteiger charge is 2.40. The summed E-state index contributed by atoms with van der Waals surface area (Å²) in [6.45, 7) is 14.3. The summed E-state index contributed by atoms with van der Waals surface area (Å²) in [5.74, 6) is -0.826. The first kappa shape index (κ1) is 42.0. The van der Waals surface area contributed by atoms with Crippen molar-refractivity contribution in [2.45, 2.75) is 116 Å². The van der Waals surface area contributed by atoms with Crippen molar-refractivity contribution in [2.75, 3.05) is 18.9 Å². The van der Waals surface area contributed by atoms with Gasteiger partial charge < -0.3 is 24.3 Å². The van der Waals surface area contributed by atoms with Gasteiger partial charge in [0.2, 0.25) is 10.0 Å². The fourth-order valence-corrected chi connectivity index (χ4v) is 8.18. The largest absolute Gasteiger partial charge is 0.490 e. The van der Waals surface area contributed by atoms with Crippen molar-refractivity contribution in [1.29, 1.82) is 0 Å². The van der Waals surface area contributed by atoms with E-state index >= 15 is 0 Å². The van der Waals surface area contributed by atoms with Crippen LogP contribution in [0.1, 0.15) is 101 Å². The molecule has 0 radical (unpaired) electrons. The summed E-state index contributed by atoms with van der Waals surface area (Å²) in [6.07, 6.45) is 7.93. The van der Waals surface area contributed by atoms with Crippen LogP contribution >= 0.6 is 0 Å². The van der Waals surface area contributed by atoms with Gasteiger partial charge in [-0.25, -0.2) is 17.9 Å². The number of aromatic nitrogens is 1. The molecule has 0 saturated heterocycles. The third-order valence-corrected chi connectivity index (χ3v) is 15.7. The smallest absolute Gasteiger partial charge is 0.407 e. The van der Waals surface area contributed by atoms with Gasteiger partial charge in [0.15, 0.2) is 8.32 Å². The van der Waals surface area contributed by atoms with Crippen molar-refractivity contribution in [3.05, 3.63) is 83.7 Å². The van der Waals surface area contributed by atoms with E-state index in [2.05, 4.69) is 48.9 Å². The number of hydrogen-bond donors (Lipinski definition) is 3. The number of nitrogens with one attached hydrogen (secondary N) is 2. The topological polar surface area (TPSA) is 153 Å². The number of carbonyl (C=O) groups excluding carboxylic acids is 2. The zero-order chi connectivity index (χ0) is 38.9. The Balaban J connectivity index is 1.38. The van der Waals surface area contributed by atoms with Crippen LogP contribution in [0.5, 0.6) is 5.75 Å². The van der Waals surface area contributed by atoms with Gasteiger partial charge in [-0.15, -0.1) is 0 Å². The first-order valence-electron chi connectivity index (χ1n) is 18.5. The molecule has 1 fully saturated rings. The van der Waals surface area contributed by atoms with E-state index in [9.17, 15) is 23.1 Å². The van der Waals surface area contributed by atoms with Gasteiger partial charge in [-0.3, -0.25) is 9.78 Å². The summed E-state index contributed by atoms with van der Waals surface area (Å²) in [6, 6.07) is 16.8. The van der Waals surface area contributed by atoms with Crippen LogP contribution in [0.2, 0.25) is 18.1 Å². The Labute approximate surface area is 316 Å². The number of benzene rings is 2. The minimum atomic E-state index is -3.98. The van der Waals surface area contributed by atoms with Crippen molar-refractivity contribution in [3.63, 3.8) is 0 Å². The third-order valence-electron chi connectivity index (χ3n) is 9.94. The minimum absolute atomic E-state index is 0.0131. The normalized spacial score (nSPS) is 15.0. The monoisotopic (exact) mass is 767 g/mol. The summed E-state index contributed by atoms with van der Waals surface area (Å²) in [7, 11) is -6.13. The highest BCUT2D eigenvalue weighted by molar-refractivity contribution is 7.90. The number of amides is 2. The van der Waals surface area contributed by atoms with Crippen LogP contribution in [-0.2, 0) is 25.6 Å². The molecular formula is C40H57N3O8SSi. The molecule has 3 N–H and O–H groups in total. The molecule has 11 nitrogen and oxygen atoms in total. The van der Waals surface area contributed by atoms with Crippen LogP contribution in [-0.4, -0.2) is 69.4 Å². The van der Waals surface area contributed by atoms with Crippen LogP contribution in [0, 0.1) is 0 Å². The van der Waals surface area contributed by atoms with Crippen LogP contribution < -0.4 is 14.8 Å². The van der Waals surface area contributed by atoms with Crippen molar-refractivity contribution in [2.24, 2.45) is 0 Å². The van der Waals surface area contributed by atoms with Crippen molar-refractivity contribution in [1.82, 2.24) is 15.0 Å². The van der Waals surface area contributed by atoms with Crippen LogP contribution in [0.15, 0.2) is 67.0 Å². The number of nitrogens with zero attached hydrogens (tertiary/aromatic N) is 1. The second kappa shape index (κ2) is 18.0. The second-order valence-corrected chi connectivity index (χ2v) is 22.6. The Bertz CT molecular complexity index is 1770. The molecule has 0 aliphatic heterocycles. The number of sulfonamides is 1. The SMILES string of the molecule is CC(C)(O)CCS(=O)(=O)NC(=O)c1ccc(-c2ccc(CCNC(=O)OC[C@H](O[Si](C)(C)C(C)(C)C)c3cccnc3)cc2)cc1OC1CCCCC1. The molecule has 1 aliphatic rings. The first-order valence-corrected chi connectivity index (χ1v) is 23.0. The van der Waals surface area contributed by atoms with E-state index in [4.69, 9.17) is 13.9 Å². The number of aliphatic hydroxyl groups is 1. The zero-order valence-corrected chi connectivity index (χ0v) is 34.1. The summed E-state index contributed by atoms with van der Waals surface area (Å²) in [5.41, 5.74) is 2.53. The standard InChI is InChI=1S/C40H57N3O8SSi/c1-39(2,3)53(6,7)51-36(32-12-11-23-41-27-32)28-49-38(45)42-24-21-29-15-17-30(18-16-29)31-19-20-34(35(26-31)50-33-13-9-8-10-14-33)37(44)43-52(47,48)25-22-40(4,5)46/h11-12,15-20,23,26-27,33,36,46H,8-10,13-14,21-22,24-25,28H2,1-7H3,(H,42,45)(H,43,44)/t36-/m0/s1. The predicted molar refractivity (Wildman–Crippen MR) is 210 cm³/mol. The van der Waals surface area contributed by atoms with Gasteiger partial charge >= 0.3 is 6.09 Å². The van der Waals surface area contributed by atoms with E-state index < -0.39 is 42.0 Å². The highest BCUT2D eigenvalue weighted by Crippen LogP contribution is 2.40. The number of rotatable bonds is 16. The molecule has 3 aromatic rings. The van der Waals surface area contributed by atoms with Crippen LogP contribution in [0.25, 0.3) is 11.1 Å². The third kappa shape index (κ3) is 13.2. The molecule has 0 spiro atoms. The number of pyridine rings is 1. The number of carbonyl (C=O) groups is 2. The maximum atomic E-state index is 13.2. The van der Waals surface area contributed by atoms with Crippen molar-refractivity contribution in [3.8, 4) is 16.9 Å². The lowest BCUT2D eigenvalue weighted by molar-refractivity contribution is 0.0739. The zero-order valence-electron chi connectivity index (χ0n) is 32.2. The molecule has 1 heterocycles. The molecule has 0 unspecified atom stereocenters. The average molecular weight is 768 g/mol. The van der Waals surface area contributed by atoms with E-state index in [1.54, 1.807) is 30.6 Å². The molecule has 53 heavy (non-hydrogen) atoms. The summed E-state index contributed by atoms with van der Waals surface area (Å²) < 4.78 is 46.0. The summed E-state index contributed by atoms with van der Waals surface area (Å²) in [4.78, 5) is 30.2. The molecule has 290 valence electrons. The van der Waals surface area contributed by atoms with Gasteiger partial charge in [0.05, 0.1) is 23.0 Å². The molecule has 2 amide bonds. The molecule has 1 aliphatic carbocycles. The average Bonchev–Trinajstić information content (AvgIpc) is 3.09. The van der Waals surface area contributed by atoms with E-state index in [0.29, 0.717) is 18.7 Å². The summed E-state index contributed by atoms with van der Waals surface area (Å²) >= 11 is 0. The van der Waals surface area contributed by atoms with E-state index in [-0.39, 0.29) is 35.5 Å². The molecule has 13 heteroatoms. The molecule has 4 rings (SSSR count). The Morgan fingerprint density at radius 1 is 0.981 bits per heavy atom. The minimum Gasteiger partial charge on any atom is -0.490 e. The van der Waals surface area contributed by atoms with Gasteiger partial charge in [-0.2, -0.15) is 0 Å². The van der Waals surface area contributed by atoms with Crippen LogP contribution in [0.3, 0.4) is 0 Å². The molecule has 1 saturated carbocycles. The van der Waals surface area contributed by atoms with E-state index in [0.717, 1.165) is 54.4 Å². The molecule has 0 bridgehead atoms. The quantitative estimate of drug-likeness (QED) is 0.124. The van der Waals surface area contributed by atoms with Gasteiger partial charge in [0.25, 0.3) is 5.91 Å².